The highest BCUT2D eigenvalue weighted by molar-refractivity contribution is 5.73. The van der Waals surface area contributed by atoms with Gasteiger partial charge in [0.2, 0.25) is 5.91 Å². The summed E-state index contributed by atoms with van der Waals surface area (Å²) in [6.07, 6.45) is 1.07. The van der Waals surface area contributed by atoms with Crippen molar-refractivity contribution in [3.63, 3.8) is 0 Å². The lowest BCUT2D eigenvalue weighted by atomic mass is 10.0. The maximum atomic E-state index is 11.0. The van der Waals surface area contributed by atoms with Gasteiger partial charge in [-0.2, -0.15) is 0 Å². The lowest BCUT2D eigenvalue weighted by molar-refractivity contribution is -0.129. The zero-order valence-corrected chi connectivity index (χ0v) is 7.21. The molecule has 2 unspecified atom stereocenters. The van der Waals surface area contributed by atoms with E-state index in [1.807, 2.05) is 4.90 Å². The first kappa shape index (κ1) is 8.53. The van der Waals surface area contributed by atoms with Crippen LogP contribution in [0.4, 0.5) is 0 Å². The summed E-state index contributed by atoms with van der Waals surface area (Å²) < 4.78 is 0. The highest BCUT2D eigenvalue weighted by Crippen LogP contribution is 2.22. The molecule has 0 aromatic heterocycles. The summed E-state index contributed by atoms with van der Waals surface area (Å²) in [6.45, 7) is 5.28. The van der Waals surface area contributed by atoms with Gasteiger partial charge >= 0.3 is 0 Å². The summed E-state index contributed by atoms with van der Waals surface area (Å²) in [4.78, 5) is 12.9. The van der Waals surface area contributed by atoms with Crippen LogP contribution in [0.5, 0.6) is 0 Å². The first-order valence-corrected chi connectivity index (χ1v) is 4.14. The Bertz CT molecular complexity index is 158. The van der Waals surface area contributed by atoms with E-state index in [0.29, 0.717) is 18.5 Å². The van der Waals surface area contributed by atoms with E-state index in [4.69, 9.17) is 5.73 Å². The fourth-order valence-corrected chi connectivity index (χ4v) is 1.76. The highest BCUT2D eigenvalue weighted by atomic mass is 16.2. The first-order chi connectivity index (χ1) is 5.16. The Morgan fingerprint density at radius 2 is 2.36 bits per heavy atom. The summed E-state index contributed by atoms with van der Waals surface area (Å²) >= 11 is 0. The van der Waals surface area contributed by atoms with E-state index in [2.05, 4.69) is 6.92 Å². The van der Waals surface area contributed by atoms with E-state index < -0.39 is 0 Å². The second-order valence-electron chi connectivity index (χ2n) is 3.24. The molecule has 0 aromatic rings. The molecule has 0 radical (unpaired) electrons. The Labute approximate surface area is 67.5 Å². The van der Waals surface area contributed by atoms with Gasteiger partial charge in [-0.05, 0) is 25.8 Å². The van der Waals surface area contributed by atoms with Crippen molar-refractivity contribution in [2.45, 2.75) is 26.3 Å². The molecule has 11 heavy (non-hydrogen) atoms. The van der Waals surface area contributed by atoms with Crippen LogP contribution in [-0.2, 0) is 4.79 Å². The minimum atomic E-state index is 0.174. The SMILES string of the molecule is CC(=O)N1CCC(CN)C1C. The van der Waals surface area contributed by atoms with Crippen molar-refractivity contribution < 1.29 is 4.79 Å². The molecular weight excluding hydrogens is 140 g/mol. The van der Waals surface area contributed by atoms with Crippen LogP contribution in [0.3, 0.4) is 0 Å². The topological polar surface area (TPSA) is 46.3 Å². The molecule has 0 aliphatic carbocycles. The molecule has 1 aliphatic heterocycles. The van der Waals surface area contributed by atoms with Crippen molar-refractivity contribution in [2.75, 3.05) is 13.1 Å². The van der Waals surface area contributed by atoms with Crippen LogP contribution in [-0.4, -0.2) is 29.9 Å². The van der Waals surface area contributed by atoms with Crippen LogP contribution in [0, 0.1) is 5.92 Å². The fraction of sp³-hybridized carbons (Fsp3) is 0.875. The van der Waals surface area contributed by atoms with Gasteiger partial charge in [-0.25, -0.2) is 0 Å². The molecule has 1 aliphatic rings. The van der Waals surface area contributed by atoms with Crippen LogP contribution < -0.4 is 5.73 Å². The Balaban J connectivity index is 2.55. The Hall–Kier alpha value is -0.570. The standard InChI is InChI=1S/C8H16N2O/c1-6-8(5-9)3-4-10(6)7(2)11/h6,8H,3-5,9H2,1-2H3. The van der Waals surface area contributed by atoms with Crippen molar-refractivity contribution >= 4 is 5.91 Å². The van der Waals surface area contributed by atoms with Crippen LogP contribution in [0.2, 0.25) is 0 Å². The van der Waals surface area contributed by atoms with E-state index in [0.717, 1.165) is 13.0 Å². The molecule has 64 valence electrons. The van der Waals surface area contributed by atoms with E-state index in [1.54, 1.807) is 6.92 Å². The molecule has 0 aromatic carbocycles. The number of amides is 1. The zero-order valence-electron chi connectivity index (χ0n) is 7.21. The maximum absolute atomic E-state index is 11.0. The Morgan fingerprint density at radius 3 is 2.64 bits per heavy atom. The number of likely N-dealkylation sites (tertiary alicyclic amines) is 1. The number of carbonyl (C=O) groups excluding carboxylic acids is 1. The maximum Gasteiger partial charge on any atom is 0.219 e. The van der Waals surface area contributed by atoms with E-state index in [1.165, 1.54) is 0 Å². The number of nitrogens with two attached hydrogens (primary N) is 1. The second kappa shape index (κ2) is 3.22. The third kappa shape index (κ3) is 1.53. The van der Waals surface area contributed by atoms with Gasteiger partial charge in [0.05, 0.1) is 0 Å². The number of hydrogen-bond donors (Lipinski definition) is 1. The number of hydrogen-bond acceptors (Lipinski definition) is 2. The third-order valence-corrected chi connectivity index (χ3v) is 2.62. The van der Waals surface area contributed by atoms with E-state index >= 15 is 0 Å². The largest absolute Gasteiger partial charge is 0.340 e. The molecule has 0 bridgehead atoms. The highest BCUT2D eigenvalue weighted by Gasteiger charge is 2.30. The summed E-state index contributed by atoms with van der Waals surface area (Å²) in [5.74, 6) is 0.687. The molecule has 3 heteroatoms. The summed E-state index contributed by atoms with van der Waals surface area (Å²) in [6, 6.07) is 0.345. The van der Waals surface area contributed by atoms with Gasteiger partial charge in [0, 0.05) is 19.5 Å². The minimum Gasteiger partial charge on any atom is -0.340 e. The first-order valence-electron chi connectivity index (χ1n) is 4.14. The van der Waals surface area contributed by atoms with Gasteiger partial charge in [0.1, 0.15) is 0 Å². The van der Waals surface area contributed by atoms with E-state index in [9.17, 15) is 4.79 Å². The molecule has 1 heterocycles. The van der Waals surface area contributed by atoms with Crippen molar-refractivity contribution in [3.8, 4) is 0 Å². The summed E-state index contributed by atoms with van der Waals surface area (Å²) in [5.41, 5.74) is 5.55. The van der Waals surface area contributed by atoms with Crippen LogP contribution >= 0.6 is 0 Å². The van der Waals surface area contributed by atoms with Crippen molar-refractivity contribution in [2.24, 2.45) is 11.7 Å². The normalized spacial score (nSPS) is 31.0. The van der Waals surface area contributed by atoms with Gasteiger partial charge in [0.15, 0.2) is 0 Å². The van der Waals surface area contributed by atoms with Crippen molar-refractivity contribution in [3.05, 3.63) is 0 Å². The molecule has 0 spiro atoms. The molecule has 1 rings (SSSR count). The van der Waals surface area contributed by atoms with Gasteiger partial charge in [-0.1, -0.05) is 0 Å². The minimum absolute atomic E-state index is 0.174. The Kier molecular flexibility index (Phi) is 2.49. The monoisotopic (exact) mass is 156 g/mol. The third-order valence-electron chi connectivity index (χ3n) is 2.62. The van der Waals surface area contributed by atoms with Crippen LogP contribution in [0.1, 0.15) is 20.3 Å². The molecule has 0 saturated carbocycles. The molecule has 1 saturated heterocycles. The molecule has 2 N–H and O–H groups in total. The average Bonchev–Trinajstić information content (AvgIpc) is 2.30. The molecule has 2 atom stereocenters. The summed E-state index contributed by atoms with van der Waals surface area (Å²) in [5, 5.41) is 0. The molecule has 1 fully saturated rings. The van der Waals surface area contributed by atoms with Crippen LogP contribution in [0.25, 0.3) is 0 Å². The smallest absolute Gasteiger partial charge is 0.219 e. The number of carbonyl (C=O) groups is 1. The summed E-state index contributed by atoms with van der Waals surface area (Å²) in [7, 11) is 0. The van der Waals surface area contributed by atoms with E-state index in [-0.39, 0.29) is 5.91 Å². The van der Waals surface area contributed by atoms with Crippen LogP contribution in [0.15, 0.2) is 0 Å². The van der Waals surface area contributed by atoms with Crippen molar-refractivity contribution in [1.29, 1.82) is 0 Å². The lowest BCUT2D eigenvalue weighted by Gasteiger charge is -2.22. The number of nitrogens with zero attached hydrogens (tertiary/aromatic N) is 1. The van der Waals surface area contributed by atoms with Gasteiger partial charge in [0.25, 0.3) is 0 Å². The van der Waals surface area contributed by atoms with Gasteiger partial charge in [-0.15, -0.1) is 0 Å². The quantitative estimate of drug-likeness (QED) is 0.589. The molecule has 3 nitrogen and oxygen atoms in total. The lowest BCUT2D eigenvalue weighted by Crippen LogP contribution is -2.35. The predicted octanol–water partition coefficient (Wildman–Crippen LogP) is 0.202. The second-order valence-corrected chi connectivity index (χ2v) is 3.24. The number of rotatable bonds is 1. The zero-order chi connectivity index (χ0) is 8.43. The van der Waals surface area contributed by atoms with Crippen molar-refractivity contribution in [1.82, 2.24) is 4.90 Å². The average molecular weight is 156 g/mol. The Morgan fingerprint density at radius 1 is 1.73 bits per heavy atom. The van der Waals surface area contributed by atoms with Gasteiger partial charge in [-0.3, -0.25) is 4.79 Å². The fourth-order valence-electron chi connectivity index (χ4n) is 1.76. The molecule has 1 amide bonds. The molecular formula is C8H16N2O. The predicted molar refractivity (Wildman–Crippen MR) is 44.0 cm³/mol. The van der Waals surface area contributed by atoms with Gasteiger partial charge < -0.3 is 10.6 Å².